The standard InChI is InChI=1S/C12H15ClN2O2S/c1-2-3-9-12(17)15(7-11(16)14-9)6-10-8(13)4-5-18-10/h4-5,9H,2-3,6-7H2,1H3,(H,14,16). The summed E-state index contributed by atoms with van der Waals surface area (Å²) in [6.07, 6.45) is 1.55. The summed E-state index contributed by atoms with van der Waals surface area (Å²) in [5.74, 6) is -0.110. The number of thiophene rings is 1. The molecular formula is C12H15ClN2O2S. The number of hydrogen-bond acceptors (Lipinski definition) is 3. The van der Waals surface area contributed by atoms with Gasteiger partial charge in [-0.3, -0.25) is 9.59 Å². The number of carbonyl (C=O) groups is 2. The Labute approximate surface area is 115 Å². The smallest absolute Gasteiger partial charge is 0.245 e. The Kier molecular flexibility index (Phi) is 4.24. The zero-order chi connectivity index (χ0) is 13.1. The van der Waals surface area contributed by atoms with Crippen LogP contribution < -0.4 is 5.32 Å². The first-order chi connectivity index (χ1) is 8.61. The van der Waals surface area contributed by atoms with Crippen LogP contribution in [0.1, 0.15) is 24.6 Å². The van der Waals surface area contributed by atoms with Gasteiger partial charge in [0, 0.05) is 4.88 Å². The maximum Gasteiger partial charge on any atom is 0.245 e. The van der Waals surface area contributed by atoms with Crippen LogP contribution in [0.3, 0.4) is 0 Å². The predicted octanol–water partition coefficient (Wildman–Crippen LogP) is 2.03. The van der Waals surface area contributed by atoms with E-state index in [4.69, 9.17) is 11.6 Å². The van der Waals surface area contributed by atoms with Crippen LogP contribution in [0.15, 0.2) is 11.4 Å². The Morgan fingerprint density at radius 3 is 2.94 bits per heavy atom. The number of rotatable bonds is 4. The van der Waals surface area contributed by atoms with E-state index in [2.05, 4.69) is 5.32 Å². The molecule has 2 rings (SSSR count). The van der Waals surface area contributed by atoms with Crippen LogP contribution in [-0.4, -0.2) is 29.3 Å². The number of piperazine rings is 1. The molecule has 0 spiro atoms. The molecule has 1 saturated heterocycles. The van der Waals surface area contributed by atoms with E-state index in [1.54, 1.807) is 11.0 Å². The van der Waals surface area contributed by atoms with Crippen molar-refractivity contribution >= 4 is 34.8 Å². The molecule has 0 saturated carbocycles. The Morgan fingerprint density at radius 2 is 2.33 bits per heavy atom. The summed E-state index contributed by atoms with van der Waals surface area (Å²) in [5, 5.41) is 5.27. The van der Waals surface area contributed by atoms with Crippen LogP contribution in [0.5, 0.6) is 0 Å². The second-order valence-corrected chi connectivity index (χ2v) is 5.70. The molecule has 1 aliphatic rings. The number of halogens is 1. The van der Waals surface area contributed by atoms with E-state index < -0.39 is 0 Å². The number of hydrogen-bond donors (Lipinski definition) is 1. The zero-order valence-electron chi connectivity index (χ0n) is 10.1. The van der Waals surface area contributed by atoms with Crippen molar-refractivity contribution in [2.45, 2.75) is 32.4 Å². The molecule has 1 fully saturated rings. The minimum Gasteiger partial charge on any atom is -0.343 e. The minimum absolute atomic E-state index is 0.0130. The van der Waals surface area contributed by atoms with E-state index in [9.17, 15) is 9.59 Å². The van der Waals surface area contributed by atoms with Crippen LogP contribution in [-0.2, 0) is 16.1 Å². The van der Waals surface area contributed by atoms with Gasteiger partial charge in [0.1, 0.15) is 6.04 Å². The number of carbonyl (C=O) groups excluding carboxylic acids is 2. The third-order valence-corrected chi connectivity index (χ3v) is 4.25. The Balaban J connectivity index is 2.09. The molecular weight excluding hydrogens is 272 g/mol. The first kappa shape index (κ1) is 13.4. The third kappa shape index (κ3) is 2.84. The lowest BCUT2D eigenvalue weighted by Crippen LogP contribution is -2.57. The van der Waals surface area contributed by atoms with Gasteiger partial charge in [-0.2, -0.15) is 0 Å². The normalized spacial score (nSPS) is 20.1. The summed E-state index contributed by atoms with van der Waals surface area (Å²) in [6, 6.07) is 1.43. The summed E-state index contributed by atoms with van der Waals surface area (Å²) in [4.78, 5) is 26.3. The van der Waals surface area contributed by atoms with E-state index in [1.165, 1.54) is 11.3 Å². The zero-order valence-corrected chi connectivity index (χ0v) is 11.7. The first-order valence-electron chi connectivity index (χ1n) is 5.91. The molecule has 2 amide bonds. The summed E-state index contributed by atoms with van der Waals surface area (Å²) in [6.45, 7) is 2.53. The first-order valence-corrected chi connectivity index (χ1v) is 7.17. The average molecular weight is 287 g/mol. The number of nitrogens with one attached hydrogen (secondary N) is 1. The van der Waals surface area contributed by atoms with Gasteiger partial charge in [0.2, 0.25) is 11.8 Å². The summed E-state index contributed by atoms with van der Waals surface area (Å²) in [7, 11) is 0. The molecule has 18 heavy (non-hydrogen) atoms. The summed E-state index contributed by atoms with van der Waals surface area (Å²) < 4.78 is 0. The fourth-order valence-electron chi connectivity index (χ4n) is 2.00. The minimum atomic E-state index is -0.380. The second-order valence-electron chi connectivity index (χ2n) is 4.29. The fourth-order valence-corrected chi connectivity index (χ4v) is 3.11. The van der Waals surface area contributed by atoms with Gasteiger partial charge in [0.15, 0.2) is 0 Å². The summed E-state index contributed by atoms with van der Waals surface area (Å²) in [5.41, 5.74) is 0. The maximum atomic E-state index is 12.2. The van der Waals surface area contributed by atoms with Crippen LogP contribution in [0.2, 0.25) is 5.02 Å². The molecule has 0 aliphatic carbocycles. The van der Waals surface area contributed by atoms with Crippen molar-refractivity contribution in [2.24, 2.45) is 0 Å². The number of amides is 2. The van der Waals surface area contributed by atoms with Gasteiger partial charge in [-0.25, -0.2) is 0 Å². The Morgan fingerprint density at radius 1 is 1.56 bits per heavy atom. The third-order valence-electron chi connectivity index (χ3n) is 2.88. The average Bonchev–Trinajstić information content (AvgIpc) is 2.71. The Hall–Kier alpha value is -1.07. The monoisotopic (exact) mass is 286 g/mol. The van der Waals surface area contributed by atoms with Crippen molar-refractivity contribution in [1.29, 1.82) is 0 Å². The van der Waals surface area contributed by atoms with Gasteiger partial charge in [0.25, 0.3) is 0 Å². The maximum absolute atomic E-state index is 12.2. The van der Waals surface area contributed by atoms with Gasteiger partial charge in [-0.15, -0.1) is 11.3 Å². The second kappa shape index (κ2) is 5.71. The van der Waals surface area contributed by atoms with Crippen LogP contribution >= 0.6 is 22.9 Å². The van der Waals surface area contributed by atoms with E-state index in [0.29, 0.717) is 18.0 Å². The highest BCUT2D eigenvalue weighted by Crippen LogP contribution is 2.24. The van der Waals surface area contributed by atoms with Crippen molar-refractivity contribution in [3.05, 3.63) is 21.3 Å². The molecule has 6 heteroatoms. The molecule has 1 aromatic heterocycles. The van der Waals surface area contributed by atoms with Gasteiger partial charge < -0.3 is 10.2 Å². The molecule has 98 valence electrons. The molecule has 1 aliphatic heterocycles. The molecule has 0 aromatic carbocycles. The van der Waals surface area contributed by atoms with Gasteiger partial charge in [-0.1, -0.05) is 24.9 Å². The SMILES string of the molecule is CCCC1NC(=O)CN(Cc2sccc2Cl)C1=O. The van der Waals surface area contributed by atoms with E-state index in [-0.39, 0.29) is 24.4 Å². The van der Waals surface area contributed by atoms with E-state index >= 15 is 0 Å². The molecule has 1 N–H and O–H groups in total. The summed E-state index contributed by atoms with van der Waals surface area (Å²) >= 11 is 7.52. The van der Waals surface area contributed by atoms with E-state index in [0.717, 1.165) is 11.3 Å². The lowest BCUT2D eigenvalue weighted by Gasteiger charge is -2.32. The largest absolute Gasteiger partial charge is 0.343 e. The quantitative estimate of drug-likeness (QED) is 0.921. The highest BCUT2D eigenvalue weighted by molar-refractivity contribution is 7.10. The van der Waals surface area contributed by atoms with Crippen molar-refractivity contribution in [1.82, 2.24) is 10.2 Å². The van der Waals surface area contributed by atoms with Gasteiger partial charge >= 0.3 is 0 Å². The van der Waals surface area contributed by atoms with Crippen molar-refractivity contribution in [2.75, 3.05) is 6.54 Å². The fraction of sp³-hybridized carbons (Fsp3) is 0.500. The van der Waals surface area contributed by atoms with Crippen LogP contribution in [0.4, 0.5) is 0 Å². The number of nitrogens with zero attached hydrogens (tertiary/aromatic N) is 1. The highest BCUT2D eigenvalue weighted by Gasteiger charge is 2.32. The van der Waals surface area contributed by atoms with Crippen LogP contribution in [0.25, 0.3) is 0 Å². The van der Waals surface area contributed by atoms with Gasteiger partial charge in [0.05, 0.1) is 18.1 Å². The Bertz CT molecular complexity index is 461. The van der Waals surface area contributed by atoms with Crippen LogP contribution in [0, 0.1) is 0 Å². The van der Waals surface area contributed by atoms with Crippen molar-refractivity contribution < 1.29 is 9.59 Å². The lowest BCUT2D eigenvalue weighted by atomic mass is 10.1. The van der Waals surface area contributed by atoms with Crippen molar-refractivity contribution in [3.8, 4) is 0 Å². The van der Waals surface area contributed by atoms with E-state index in [1.807, 2.05) is 12.3 Å². The molecule has 1 aromatic rings. The molecule has 0 bridgehead atoms. The lowest BCUT2D eigenvalue weighted by molar-refractivity contribution is -0.145. The molecule has 1 unspecified atom stereocenters. The molecule has 4 nitrogen and oxygen atoms in total. The molecule has 1 atom stereocenters. The predicted molar refractivity (Wildman–Crippen MR) is 71.6 cm³/mol. The van der Waals surface area contributed by atoms with Gasteiger partial charge in [-0.05, 0) is 17.9 Å². The molecule has 0 radical (unpaired) electrons. The molecule has 2 heterocycles. The highest BCUT2D eigenvalue weighted by atomic mass is 35.5. The topological polar surface area (TPSA) is 49.4 Å². The van der Waals surface area contributed by atoms with Crippen molar-refractivity contribution in [3.63, 3.8) is 0 Å².